The van der Waals surface area contributed by atoms with Crippen molar-refractivity contribution in [1.29, 1.82) is 0 Å². The molecule has 0 aromatic rings. The van der Waals surface area contributed by atoms with Gasteiger partial charge in [-0.05, 0) is 20.8 Å². The largest absolute Gasteiger partial charge is 0.388 e. The normalized spacial score (nSPS) is 55.0. The Morgan fingerprint density at radius 1 is 0.594 bits per heavy atom. The van der Waals surface area contributed by atoms with Crippen molar-refractivity contribution in [3.8, 4) is 0 Å². The van der Waals surface area contributed by atoms with Gasteiger partial charge in [-0.25, -0.2) is 0 Å². The average molecular weight is 469 g/mol. The van der Waals surface area contributed by atoms with E-state index in [2.05, 4.69) is 0 Å². The molecule has 32 heavy (non-hydrogen) atoms. The smallest absolute Gasteiger partial charge is 0.187 e. The number of hydrogen-bond donors (Lipinski definition) is 7. The van der Waals surface area contributed by atoms with Gasteiger partial charge >= 0.3 is 0 Å². The van der Waals surface area contributed by atoms with Crippen LogP contribution in [-0.4, -0.2) is 130 Å². The maximum Gasteiger partial charge on any atom is 0.187 e. The molecule has 3 fully saturated rings. The van der Waals surface area contributed by atoms with Gasteiger partial charge in [0.1, 0.15) is 48.8 Å². The summed E-state index contributed by atoms with van der Waals surface area (Å²) in [5.74, 6) is 0. The highest BCUT2D eigenvalue weighted by Gasteiger charge is 2.52. The fraction of sp³-hybridized carbons (Fsp3) is 1.00. The summed E-state index contributed by atoms with van der Waals surface area (Å²) >= 11 is 0. The Morgan fingerprint density at radius 2 is 1.09 bits per heavy atom. The van der Waals surface area contributed by atoms with Crippen LogP contribution in [0.1, 0.15) is 20.8 Å². The molecule has 0 radical (unpaired) electrons. The summed E-state index contributed by atoms with van der Waals surface area (Å²) in [4.78, 5) is 0. The van der Waals surface area contributed by atoms with Gasteiger partial charge in [-0.1, -0.05) is 0 Å². The molecule has 15 atom stereocenters. The van der Waals surface area contributed by atoms with Gasteiger partial charge in [0.05, 0.1) is 24.4 Å². The molecule has 3 aliphatic heterocycles. The van der Waals surface area contributed by atoms with Crippen LogP contribution in [0.15, 0.2) is 0 Å². The van der Waals surface area contributed by atoms with E-state index in [9.17, 15) is 30.6 Å². The minimum absolute atomic E-state index is 0.601. The van der Waals surface area contributed by atoms with Crippen molar-refractivity contribution >= 4 is 0 Å². The van der Waals surface area contributed by atoms with Crippen LogP contribution in [0, 0.1) is 0 Å². The van der Waals surface area contributed by atoms with Crippen molar-refractivity contribution < 1.29 is 59.1 Å². The van der Waals surface area contributed by atoms with Crippen LogP contribution in [-0.2, 0) is 28.4 Å². The predicted octanol–water partition coefficient (Wildman–Crippen LogP) is -3.87. The Kier molecular flexibility index (Phi) is 8.48. The van der Waals surface area contributed by atoms with Crippen molar-refractivity contribution in [2.75, 3.05) is 7.11 Å². The van der Waals surface area contributed by atoms with E-state index >= 15 is 0 Å². The Morgan fingerprint density at radius 3 is 1.69 bits per heavy atom. The number of aliphatic hydroxyl groups is 6. The number of methoxy groups -OCH3 is 1. The van der Waals surface area contributed by atoms with E-state index in [-0.39, 0.29) is 0 Å². The zero-order valence-corrected chi connectivity index (χ0v) is 18.4. The lowest BCUT2D eigenvalue weighted by Crippen LogP contribution is -2.66. The zero-order chi connectivity index (χ0) is 23.9. The number of aliphatic hydroxyl groups excluding tert-OH is 6. The van der Waals surface area contributed by atoms with Gasteiger partial charge in [-0.15, -0.1) is 0 Å². The molecule has 3 heterocycles. The first kappa shape index (κ1) is 26.1. The summed E-state index contributed by atoms with van der Waals surface area (Å²) in [6.07, 6.45) is -17.2. The molecule has 0 unspecified atom stereocenters. The van der Waals surface area contributed by atoms with Gasteiger partial charge < -0.3 is 64.8 Å². The second-order valence-corrected chi connectivity index (χ2v) is 8.58. The van der Waals surface area contributed by atoms with E-state index in [0.29, 0.717) is 0 Å². The molecule has 188 valence electrons. The van der Waals surface area contributed by atoms with Crippen molar-refractivity contribution in [3.63, 3.8) is 0 Å². The highest BCUT2D eigenvalue weighted by molar-refractivity contribution is 4.95. The summed E-state index contributed by atoms with van der Waals surface area (Å²) in [7, 11) is 1.34. The molecule has 8 N–H and O–H groups in total. The van der Waals surface area contributed by atoms with Gasteiger partial charge in [0, 0.05) is 7.11 Å². The fourth-order valence-corrected chi connectivity index (χ4v) is 4.15. The molecule has 0 aromatic carbocycles. The summed E-state index contributed by atoms with van der Waals surface area (Å²) < 4.78 is 32.9. The summed E-state index contributed by atoms with van der Waals surface area (Å²) in [5, 5.41) is 62.2. The van der Waals surface area contributed by atoms with Gasteiger partial charge in [0.25, 0.3) is 0 Å². The van der Waals surface area contributed by atoms with Crippen LogP contribution >= 0.6 is 0 Å². The van der Waals surface area contributed by atoms with Crippen LogP contribution in [0.25, 0.3) is 0 Å². The monoisotopic (exact) mass is 469 g/mol. The van der Waals surface area contributed by atoms with Crippen molar-refractivity contribution in [2.45, 2.75) is 113 Å². The van der Waals surface area contributed by atoms with Gasteiger partial charge in [-0.3, -0.25) is 0 Å². The standard InChI is InChI=1S/C19H35NO12/c1-5-8(20)11(23)16(27-4)19(29-5)32-15-10(22)7(3)30-18(13(15)25)31-14-9(21)6(2)28-17(26)12(14)24/h5-19,21-26H,20H2,1-4H3/t5-,6+,7+,8-,9+,10+,11+,12-,13-,14-,15-,16-,17-,18+,19+/m1/s1. The minimum atomic E-state index is -1.62. The van der Waals surface area contributed by atoms with E-state index in [0.717, 1.165) is 0 Å². The van der Waals surface area contributed by atoms with E-state index in [1.54, 1.807) is 6.92 Å². The first-order chi connectivity index (χ1) is 15.0. The lowest BCUT2D eigenvalue weighted by atomic mass is 9.96. The molecule has 3 aliphatic rings. The van der Waals surface area contributed by atoms with Crippen LogP contribution in [0.5, 0.6) is 0 Å². The molecule has 3 rings (SSSR count). The highest BCUT2D eigenvalue weighted by atomic mass is 16.7. The van der Waals surface area contributed by atoms with Crippen molar-refractivity contribution in [3.05, 3.63) is 0 Å². The molecule has 0 spiro atoms. The van der Waals surface area contributed by atoms with Crippen LogP contribution in [0.3, 0.4) is 0 Å². The predicted molar refractivity (Wildman–Crippen MR) is 104 cm³/mol. The van der Waals surface area contributed by atoms with Crippen LogP contribution in [0.4, 0.5) is 0 Å². The maximum atomic E-state index is 10.8. The van der Waals surface area contributed by atoms with Crippen molar-refractivity contribution in [1.82, 2.24) is 0 Å². The Hall–Kier alpha value is -0.520. The first-order valence-electron chi connectivity index (χ1n) is 10.6. The topological polar surface area (TPSA) is 203 Å². The molecule has 0 saturated carbocycles. The van der Waals surface area contributed by atoms with E-state index in [4.69, 9.17) is 34.2 Å². The lowest BCUT2D eigenvalue weighted by molar-refractivity contribution is -0.371. The van der Waals surface area contributed by atoms with Gasteiger partial charge in [0.2, 0.25) is 0 Å². The molecule has 0 amide bonds. The molecule has 13 nitrogen and oxygen atoms in total. The third kappa shape index (κ3) is 4.95. The highest BCUT2D eigenvalue weighted by Crippen LogP contribution is 2.32. The quantitative estimate of drug-likeness (QED) is 0.206. The van der Waals surface area contributed by atoms with E-state index in [1.807, 2.05) is 0 Å². The average Bonchev–Trinajstić information content (AvgIpc) is 2.74. The molecule has 0 aromatic heterocycles. The zero-order valence-electron chi connectivity index (χ0n) is 18.4. The Bertz CT molecular complexity index is 601. The van der Waals surface area contributed by atoms with Crippen LogP contribution < -0.4 is 5.73 Å². The third-order valence-corrected chi connectivity index (χ3v) is 6.33. The summed E-state index contributed by atoms with van der Waals surface area (Å²) in [6, 6.07) is -0.732. The molecule has 13 heteroatoms. The number of nitrogens with two attached hydrogens (primary N) is 1. The second-order valence-electron chi connectivity index (χ2n) is 8.58. The van der Waals surface area contributed by atoms with Crippen molar-refractivity contribution in [2.24, 2.45) is 5.73 Å². The number of ether oxygens (including phenoxy) is 6. The first-order valence-corrected chi connectivity index (χ1v) is 10.6. The minimum Gasteiger partial charge on any atom is -0.388 e. The number of rotatable bonds is 5. The fourth-order valence-electron chi connectivity index (χ4n) is 4.15. The lowest BCUT2D eigenvalue weighted by Gasteiger charge is -2.48. The van der Waals surface area contributed by atoms with Gasteiger partial charge in [-0.2, -0.15) is 0 Å². The van der Waals surface area contributed by atoms with E-state index < -0.39 is 92.1 Å². The third-order valence-electron chi connectivity index (χ3n) is 6.33. The van der Waals surface area contributed by atoms with E-state index in [1.165, 1.54) is 21.0 Å². The summed E-state index contributed by atoms with van der Waals surface area (Å²) in [6.45, 7) is 4.64. The molecular weight excluding hydrogens is 434 g/mol. The molecule has 0 bridgehead atoms. The molecular formula is C19H35NO12. The molecule has 0 aliphatic carbocycles. The molecule has 3 saturated heterocycles. The summed E-state index contributed by atoms with van der Waals surface area (Å²) in [5.41, 5.74) is 5.91. The SMILES string of the molecule is CO[C@H]1[C@H](O[C@@H]2[C@@H](O)[C@H](C)O[C@@H](O[C@@H]3[C@@H](O)[C@H](C)O[C@@H](O)[C@@H]3O)[C@@H]2O)O[C@H](C)[C@@H](N)[C@@H]1O. The van der Waals surface area contributed by atoms with Gasteiger partial charge in [0.15, 0.2) is 18.9 Å². The Labute approximate surface area is 185 Å². The van der Waals surface area contributed by atoms with Crippen LogP contribution in [0.2, 0.25) is 0 Å². The number of hydrogen-bond acceptors (Lipinski definition) is 13. The Balaban J connectivity index is 1.75. The second kappa shape index (κ2) is 10.4. The maximum absolute atomic E-state index is 10.8.